The fraction of sp³-hybridized carbons (Fsp3) is 0.688. The topological polar surface area (TPSA) is 57.2 Å². The van der Waals surface area contributed by atoms with Crippen molar-refractivity contribution < 1.29 is 9.53 Å². The number of nitrogens with two attached hydrogens (primary N) is 1. The van der Waals surface area contributed by atoms with Crippen LogP contribution in [0.5, 0.6) is 0 Å². The predicted octanol–water partition coefficient (Wildman–Crippen LogP) is 3.24. The molecule has 0 aromatic carbocycles. The number of hydrogen-bond donors (Lipinski definition) is 1. The van der Waals surface area contributed by atoms with Crippen LogP contribution >= 0.6 is 0 Å². The molecule has 3 unspecified atom stereocenters. The standard InChI is InChI=1S/C16H24N2O2/c1-10(2)18-8-14(17)7-15(18)16(19)20-9-13-6-11-3-4-12(13)5-11/h7-8,10-13H,3-6,9,17H2,1-2H3. The molecule has 4 nitrogen and oxygen atoms in total. The Morgan fingerprint density at radius 2 is 2.25 bits per heavy atom. The van der Waals surface area contributed by atoms with E-state index < -0.39 is 0 Å². The second-order valence-corrected chi connectivity index (χ2v) is 6.69. The van der Waals surface area contributed by atoms with Gasteiger partial charge in [0.05, 0.1) is 12.3 Å². The van der Waals surface area contributed by atoms with Gasteiger partial charge in [0.1, 0.15) is 5.69 Å². The largest absolute Gasteiger partial charge is 0.461 e. The van der Waals surface area contributed by atoms with Gasteiger partial charge < -0.3 is 15.0 Å². The van der Waals surface area contributed by atoms with Crippen molar-refractivity contribution in [3.63, 3.8) is 0 Å². The molecule has 2 bridgehead atoms. The van der Waals surface area contributed by atoms with Crippen LogP contribution in [0.4, 0.5) is 5.69 Å². The molecule has 0 spiro atoms. The number of rotatable bonds is 4. The Balaban J connectivity index is 1.62. The summed E-state index contributed by atoms with van der Waals surface area (Å²) in [5.41, 5.74) is 6.98. The summed E-state index contributed by atoms with van der Waals surface area (Å²) in [6, 6.07) is 1.92. The highest BCUT2D eigenvalue weighted by Gasteiger charge is 2.40. The molecule has 2 N–H and O–H groups in total. The van der Waals surface area contributed by atoms with Crippen molar-refractivity contribution in [1.82, 2.24) is 4.57 Å². The number of ether oxygens (including phenoxy) is 1. The second kappa shape index (κ2) is 5.15. The maximum Gasteiger partial charge on any atom is 0.355 e. The van der Waals surface area contributed by atoms with Crippen molar-refractivity contribution in [1.29, 1.82) is 0 Å². The number of nitrogens with zero attached hydrogens (tertiary/aromatic N) is 1. The third kappa shape index (κ3) is 2.43. The van der Waals surface area contributed by atoms with Gasteiger partial charge in [-0.25, -0.2) is 4.79 Å². The van der Waals surface area contributed by atoms with Gasteiger partial charge in [-0.1, -0.05) is 6.42 Å². The summed E-state index contributed by atoms with van der Waals surface area (Å²) in [4.78, 5) is 12.2. The minimum atomic E-state index is -0.238. The molecule has 0 saturated heterocycles. The first-order valence-electron chi connectivity index (χ1n) is 7.69. The first kappa shape index (κ1) is 13.5. The predicted molar refractivity (Wildman–Crippen MR) is 78.4 cm³/mol. The molecular formula is C16H24N2O2. The van der Waals surface area contributed by atoms with Crippen LogP contribution in [-0.2, 0) is 4.74 Å². The zero-order chi connectivity index (χ0) is 14.3. The van der Waals surface area contributed by atoms with Crippen LogP contribution in [0.2, 0.25) is 0 Å². The van der Waals surface area contributed by atoms with E-state index in [9.17, 15) is 4.79 Å². The van der Waals surface area contributed by atoms with Crippen molar-refractivity contribution >= 4 is 11.7 Å². The van der Waals surface area contributed by atoms with Crippen LogP contribution < -0.4 is 5.73 Å². The molecular weight excluding hydrogens is 252 g/mol. The van der Waals surface area contributed by atoms with Gasteiger partial charge >= 0.3 is 5.97 Å². The summed E-state index contributed by atoms with van der Waals surface area (Å²) in [7, 11) is 0. The third-order valence-corrected chi connectivity index (χ3v) is 4.95. The number of esters is 1. The van der Waals surface area contributed by atoms with Crippen molar-refractivity contribution in [3.8, 4) is 0 Å². The van der Waals surface area contributed by atoms with Crippen LogP contribution in [0.1, 0.15) is 56.1 Å². The van der Waals surface area contributed by atoms with E-state index in [1.54, 1.807) is 12.3 Å². The molecule has 110 valence electrons. The van der Waals surface area contributed by atoms with Gasteiger partial charge in [-0.2, -0.15) is 0 Å². The molecule has 4 heteroatoms. The number of carbonyl (C=O) groups is 1. The first-order chi connectivity index (χ1) is 9.54. The number of aromatic nitrogens is 1. The van der Waals surface area contributed by atoms with Crippen LogP contribution in [0, 0.1) is 17.8 Å². The molecule has 1 heterocycles. The Morgan fingerprint density at radius 1 is 1.45 bits per heavy atom. The van der Waals surface area contributed by atoms with E-state index in [4.69, 9.17) is 10.5 Å². The Kier molecular flexibility index (Phi) is 3.48. The van der Waals surface area contributed by atoms with E-state index >= 15 is 0 Å². The molecule has 0 aliphatic heterocycles. The van der Waals surface area contributed by atoms with E-state index in [0.717, 1.165) is 11.8 Å². The minimum absolute atomic E-state index is 0.206. The smallest absolute Gasteiger partial charge is 0.355 e. The summed E-state index contributed by atoms with van der Waals surface area (Å²) in [6.45, 7) is 4.64. The average Bonchev–Trinajstić information content (AvgIpc) is 3.09. The summed E-state index contributed by atoms with van der Waals surface area (Å²) in [5.74, 6) is 2.02. The van der Waals surface area contributed by atoms with E-state index in [1.165, 1.54) is 25.7 Å². The number of hydrogen-bond acceptors (Lipinski definition) is 3. The Morgan fingerprint density at radius 3 is 2.85 bits per heavy atom. The lowest BCUT2D eigenvalue weighted by atomic mass is 9.90. The summed E-state index contributed by atoms with van der Waals surface area (Å²) < 4.78 is 7.44. The highest BCUT2D eigenvalue weighted by molar-refractivity contribution is 5.89. The monoisotopic (exact) mass is 276 g/mol. The van der Waals surface area contributed by atoms with Crippen LogP contribution in [0.15, 0.2) is 12.3 Å². The molecule has 20 heavy (non-hydrogen) atoms. The fourth-order valence-electron chi connectivity index (χ4n) is 3.93. The van der Waals surface area contributed by atoms with Gasteiger partial charge in [-0.3, -0.25) is 0 Å². The van der Waals surface area contributed by atoms with Gasteiger partial charge in [0.25, 0.3) is 0 Å². The van der Waals surface area contributed by atoms with Crippen LogP contribution in [0.25, 0.3) is 0 Å². The maximum absolute atomic E-state index is 12.2. The molecule has 2 fully saturated rings. The minimum Gasteiger partial charge on any atom is -0.461 e. The van der Waals surface area contributed by atoms with Crippen molar-refractivity contribution in [2.75, 3.05) is 12.3 Å². The van der Waals surface area contributed by atoms with Crippen LogP contribution in [-0.4, -0.2) is 17.1 Å². The summed E-state index contributed by atoms with van der Waals surface area (Å²) >= 11 is 0. The molecule has 3 atom stereocenters. The van der Waals surface area contributed by atoms with E-state index in [2.05, 4.69) is 0 Å². The highest BCUT2D eigenvalue weighted by atomic mass is 16.5. The quantitative estimate of drug-likeness (QED) is 0.859. The zero-order valence-electron chi connectivity index (χ0n) is 12.3. The Bertz CT molecular complexity index is 507. The molecule has 1 aromatic rings. The van der Waals surface area contributed by atoms with E-state index in [-0.39, 0.29) is 12.0 Å². The lowest BCUT2D eigenvalue weighted by Crippen LogP contribution is -2.21. The second-order valence-electron chi connectivity index (χ2n) is 6.69. The third-order valence-electron chi connectivity index (χ3n) is 4.95. The summed E-state index contributed by atoms with van der Waals surface area (Å²) in [5, 5.41) is 0. The van der Waals surface area contributed by atoms with Gasteiger partial charge in [-0.15, -0.1) is 0 Å². The van der Waals surface area contributed by atoms with Gasteiger partial charge in [0, 0.05) is 12.2 Å². The van der Waals surface area contributed by atoms with Crippen molar-refractivity contribution in [2.24, 2.45) is 17.8 Å². The Hall–Kier alpha value is -1.45. The lowest BCUT2D eigenvalue weighted by Gasteiger charge is -2.21. The summed E-state index contributed by atoms with van der Waals surface area (Å²) in [6.07, 6.45) is 7.09. The molecule has 2 saturated carbocycles. The van der Waals surface area contributed by atoms with Gasteiger partial charge in [0.2, 0.25) is 0 Å². The van der Waals surface area contributed by atoms with E-state index in [1.807, 2.05) is 18.4 Å². The fourth-order valence-corrected chi connectivity index (χ4v) is 3.93. The molecule has 0 radical (unpaired) electrons. The molecule has 0 amide bonds. The zero-order valence-corrected chi connectivity index (χ0v) is 12.3. The molecule has 1 aromatic heterocycles. The van der Waals surface area contributed by atoms with Crippen LogP contribution in [0.3, 0.4) is 0 Å². The lowest BCUT2D eigenvalue weighted by molar-refractivity contribution is 0.0380. The van der Waals surface area contributed by atoms with Crippen molar-refractivity contribution in [3.05, 3.63) is 18.0 Å². The first-order valence-corrected chi connectivity index (χ1v) is 7.69. The van der Waals surface area contributed by atoms with Gasteiger partial charge in [-0.05, 0) is 56.9 Å². The van der Waals surface area contributed by atoms with Gasteiger partial charge in [0.15, 0.2) is 0 Å². The molecule has 3 rings (SSSR count). The number of anilines is 1. The van der Waals surface area contributed by atoms with E-state index in [0.29, 0.717) is 23.9 Å². The number of fused-ring (bicyclic) bond motifs is 2. The SMILES string of the molecule is CC(C)n1cc(N)cc1C(=O)OCC1CC2CCC1C2. The highest BCUT2D eigenvalue weighted by Crippen LogP contribution is 2.48. The molecule has 2 aliphatic rings. The Labute approximate surface area is 120 Å². The number of carbonyl (C=O) groups excluding carboxylic acids is 1. The average molecular weight is 276 g/mol. The normalized spacial score (nSPS) is 28.2. The number of nitrogen functional groups attached to an aromatic ring is 1. The van der Waals surface area contributed by atoms with Crippen molar-refractivity contribution in [2.45, 2.75) is 45.6 Å². The molecule has 2 aliphatic carbocycles. The maximum atomic E-state index is 12.2.